The number of amides is 1. The van der Waals surface area contributed by atoms with Gasteiger partial charge in [-0.15, -0.1) is 0 Å². The van der Waals surface area contributed by atoms with E-state index in [1.54, 1.807) is 0 Å². The SMILES string of the molecule is NC(=O)c1c(O)cc(O)cc1O. The van der Waals surface area contributed by atoms with E-state index in [-0.39, 0.29) is 5.75 Å². The highest BCUT2D eigenvalue weighted by Crippen LogP contribution is 2.30. The van der Waals surface area contributed by atoms with Gasteiger partial charge >= 0.3 is 0 Å². The number of hydrogen-bond donors (Lipinski definition) is 4. The molecule has 0 aliphatic carbocycles. The van der Waals surface area contributed by atoms with Gasteiger partial charge in [-0.3, -0.25) is 4.79 Å². The number of nitrogens with two attached hydrogens (primary N) is 1. The van der Waals surface area contributed by atoms with Crippen LogP contribution in [-0.4, -0.2) is 21.2 Å². The van der Waals surface area contributed by atoms with Crippen LogP contribution in [0.3, 0.4) is 0 Å². The van der Waals surface area contributed by atoms with Gasteiger partial charge < -0.3 is 21.1 Å². The number of rotatable bonds is 1. The van der Waals surface area contributed by atoms with Gasteiger partial charge in [0.2, 0.25) is 0 Å². The van der Waals surface area contributed by atoms with Gasteiger partial charge in [-0.1, -0.05) is 0 Å². The lowest BCUT2D eigenvalue weighted by Gasteiger charge is -2.03. The standard InChI is InChI=1S/C7H7NO4/c8-7(12)6-4(10)1-3(9)2-5(6)11/h1-2,9-11H,(H2,8,12). The third-order valence-corrected chi connectivity index (χ3v) is 1.33. The molecule has 1 amide bonds. The van der Waals surface area contributed by atoms with E-state index in [2.05, 4.69) is 0 Å². The van der Waals surface area contributed by atoms with Crippen LogP contribution in [0.25, 0.3) is 0 Å². The lowest BCUT2D eigenvalue weighted by Crippen LogP contribution is -2.11. The second-order valence-electron chi connectivity index (χ2n) is 2.22. The van der Waals surface area contributed by atoms with Gasteiger partial charge in [0.05, 0.1) is 0 Å². The van der Waals surface area contributed by atoms with Gasteiger partial charge in [0.25, 0.3) is 5.91 Å². The fourth-order valence-electron chi connectivity index (χ4n) is 0.850. The maximum Gasteiger partial charge on any atom is 0.256 e. The Balaban J connectivity index is 3.38. The van der Waals surface area contributed by atoms with Crippen LogP contribution in [0.15, 0.2) is 12.1 Å². The van der Waals surface area contributed by atoms with Crippen LogP contribution < -0.4 is 5.73 Å². The highest BCUT2D eigenvalue weighted by atomic mass is 16.3. The minimum atomic E-state index is -0.954. The molecule has 0 radical (unpaired) electrons. The summed E-state index contributed by atoms with van der Waals surface area (Å²) in [6, 6.07) is 1.83. The number of benzene rings is 1. The first-order chi connectivity index (χ1) is 5.52. The molecule has 0 fully saturated rings. The maximum atomic E-state index is 10.6. The molecule has 0 saturated carbocycles. The first-order valence-electron chi connectivity index (χ1n) is 3.07. The zero-order chi connectivity index (χ0) is 9.30. The molecule has 0 bridgehead atoms. The Hall–Kier alpha value is -1.91. The molecule has 0 unspecified atom stereocenters. The van der Waals surface area contributed by atoms with Crippen molar-refractivity contribution in [3.8, 4) is 17.2 Å². The molecule has 0 aromatic heterocycles. The Morgan fingerprint density at radius 1 is 1.17 bits per heavy atom. The lowest BCUT2D eigenvalue weighted by molar-refractivity contribution is 0.0995. The van der Waals surface area contributed by atoms with Crippen molar-refractivity contribution in [1.82, 2.24) is 0 Å². The van der Waals surface area contributed by atoms with Gasteiger partial charge in [-0.25, -0.2) is 0 Å². The molecule has 5 nitrogen and oxygen atoms in total. The van der Waals surface area contributed by atoms with Gasteiger partial charge in [0.1, 0.15) is 22.8 Å². The van der Waals surface area contributed by atoms with Gasteiger partial charge in [-0.05, 0) is 0 Å². The van der Waals surface area contributed by atoms with E-state index >= 15 is 0 Å². The van der Waals surface area contributed by atoms with Crippen LogP contribution >= 0.6 is 0 Å². The van der Waals surface area contributed by atoms with Crippen molar-refractivity contribution in [3.63, 3.8) is 0 Å². The number of aromatic hydroxyl groups is 3. The number of phenols is 3. The quantitative estimate of drug-likeness (QED) is 0.471. The molecule has 0 aliphatic heterocycles. The smallest absolute Gasteiger partial charge is 0.256 e. The van der Waals surface area contributed by atoms with E-state index in [1.807, 2.05) is 0 Å². The van der Waals surface area contributed by atoms with Crippen molar-refractivity contribution < 1.29 is 20.1 Å². The average Bonchev–Trinajstić information content (AvgIpc) is 1.82. The Morgan fingerprint density at radius 2 is 1.58 bits per heavy atom. The molecule has 0 atom stereocenters. The van der Waals surface area contributed by atoms with Crippen LogP contribution in [0.1, 0.15) is 10.4 Å². The highest BCUT2D eigenvalue weighted by molar-refractivity contribution is 5.98. The summed E-state index contributed by atoms with van der Waals surface area (Å²) in [6.45, 7) is 0. The van der Waals surface area contributed by atoms with E-state index in [4.69, 9.17) is 21.1 Å². The lowest BCUT2D eigenvalue weighted by atomic mass is 10.1. The van der Waals surface area contributed by atoms with E-state index in [0.717, 1.165) is 12.1 Å². The van der Waals surface area contributed by atoms with Crippen LogP contribution in [0, 0.1) is 0 Å². The molecule has 1 aromatic rings. The summed E-state index contributed by atoms with van der Waals surface area (Å²) in [5.74, 6) is -2.37. The summed E-state index contributed by atoms with van der Waals surface area (Å²) in [7, 11) is 0. The van der Waals surface area contributed by atoms with Gasteiger partial charge in [0, 0.05) is 12.1 Å². The molecule has 1 aromatic carbocycles. The Bertz CT molecular complexity index is 311. The molecule has 5 heteroatoms. The average molecular weight is 169 g/mol. The zero-order valence-electron chi connectivity index (χ0n) is 5.98. The van der Waals surface area contributed by atoms with E-state index < -0.39 is 23.0 Å². The molecule has 5 N–H and O–H groups in total. The second-order valence-corrected chi connectivity index (χ2v) is 2.22. The summed E-state index contributed by atoms with van der Waals surface area (Å²) >= 11 is 0. The zero-order valence-corrected chi connectivity index (χ0v) is 5.98. The highest BCUT2D eigenvalue weighted by Gasteiger charge is 2.14. The predicted molar refractivity (Wildman–Crippen MR) is 40.0 cm³/mol. The monoisotopic (exact) mass is 169 g/mol. The van der Waals surface area contributed by atoms with Gasteiger partial charge in [0.15, 0.2) is 0 Å². The van der Waals surface area contributed by atoms with Crippen molar-refractivity contribution in [2.24, 2.45) is 5.73 Å². The minimum Gasteiger partial charge on any atom is -0.508 e. The van der Waals surface area contributed by atoms with Crippen LogP contribution in [0.4, 0.5) is 0 Å². The first-order valence-corrected chi connectivity index (χ1v) is 3.07. The number of phenolic OH excluding ortho intramolecular Hbond substituents is 1. The normalized spacial score (nSPS) is 9.67. The Kier molecular flexibility index (Phi) is 1.78. The molecule has 64 valence electrons. The van der Waals surface area contributed by atoms with E-state index in [0.29, 0.717) is 0 Å². The molecule has 0 aliphatic rings. The Labute approximate surface area is 67.7 Å². The summed E-state index contributed by atoms with van der Waals surface area (Å²) in [5, 5.41) is 26.9. The van der Waals surface area contributed by atoms with Crippen molar-refractivity contribution >= 4 is 5.91 Å². The van der Waals surface area contributed by atoms with Crippen molar-refractivity contribution in [2.45, 2.75) is 0 Å². The number of carbonyl (C=O) groups excluding carboxylic acids is 1. The first kappa shape index (κ1) is 8.19. The van der Waals surface area contributed by atoms with E-state index in [9.17, 15) is 4.79 Å². The van der Waals surface area contributed by atoms with Crippen LogP contribution in [-0.2, 0) is 0 Å². The predicted octanol–water partition coefficient (Wildman–Crippen LogP) is -0.0977. The largest absolute Gasteiger partial charge is 0.508 e. The third kappa shape index (κ3) is 1.24. The van der Waals surface area contributed by atoms with Crippen molar-refractivity contribution in [3.05, 3.63) is 17.7 Å². The molecule has 0 heterocycles. The maximum absolute atomic E-state index is 10.6. The van der Waals surface area contributed by atoms with E-state index in [1.165, 1.54) is 0 Å². The minimum absolute atomic E-state index is 0.338. The Morgan fingerprint density at radius 3 is 1.92 bits per heavy atom. The van der Waals surface area contributed by atoms with Crippen molar-refractivity contribution in [1.29, 1.82) is 0 Å². The summed E-state index contributed by atoms with van der Waals surface area (Å²) in [5.41, 5.74) is 4.43. The molecular weight excluding hydrogens is 162 g/mol. The fraction of sp³-hybridized carbons (Fsp3) is 0. The summed E-state index contributed by atoms with van der Waals surface area (Å²) < 4.78 is 0. The molecule has 0 saturated heterocycles. The topological polar surface area (TPSA) is 104 Å². The second kappa shape index (κ2) is 2.61. The summed E-state index contributed by atoms with van der Waals surface area (Å²) in [6.07, 6.45) is 0. The molecular formula is C7H7NO4. The van der Waals surface area contributed by atoms with Crippen molar-refractivity contribution in [2.75, 3.05) is 0 Å². The number of hydrogen-bond acceptors (Lipinski definition) is 4. The molecule has 12 heavy (non-hydrogen) atoms. The summed E-state index contributed by atoms with van der Waals surface area (Å²) in [4.78, 5) is 10.6. The van der Waals surface area contributed by atoms with Crippen LogP contribution in [0.2, 0.25) is 0 Å². The van der Waals surface area contributed by atoms with Gasteiger partial charge in [-0.2, -0.15) is 0 Å². The van der Waals surface area contributed by atoms with Crippen LogP contribution in [0.5, 0.6) is 17.2 Å². The molecule has 0 spiro atoms. The molecule has 1 rings (SSSR count). The number of primary amides is 1. The fourth-order valence-corrected chi connectivity index (χ4v) is 0.850. The third-order valence-electron chi connectivity index (χ3n) is 1.33. The number of carbonyl (C=O) groups is 1.